The van der Waals surface area contributed by atoms with E-state index in [2.05, 4.69) is 0 Å². The number of carbonyl (C=O) groups is 2. The highest BCUT2D eigenvalue weighted by atomic mass is 35.5. The van der Waals surface area contributed by atoms with Crippen LogP contribution in [-0.4, -0.2) is 22.2 Å². The molecule has 0 radical (unpaired) electrons. The van der Waals surface area contributed by atoms with Crippen molar-refractivity contribution in [2.75, 3.05) is 0 Å². The lowest BCUT2D eigenvalue weighted by Crippen LogP contribution is -2.11. The minimum atomic E-state index is -1.15. The van der Waals surface area contributed by atoms with Gasteiger partial charge in [-0.25, -0.2) is 9.59 Å². The Hall–Kier alpha value is -3.11. The standard InChI is InChI=1S/C22H17ClO4/c23-18-8-6-15(7-9-18)11-17-12-16(10-14-4-2-1-3-5-14)19(21(24)25)13-20(17)22(26)27/h1-9,12-13H,10-11H2,(H,24,25)(H,26,27). The van der Waals surface area contributed by atoms with Gasteiger partial charge in [-0.1, -0.05) is 60.1 Å². The maximum absolute atomic E-state index is 11.7. The van der Waals surface area contributed by atoms with Gasteiger partial charge in [0.2, 0.25) is 0 Å². The number of aromatic carboxylic acids is 2. The average molecular weight is 381 g/mol. The van der Waals surface area contributed by atoms with Crippen molar-refractivity contribution in [1.29, 1.82) is 0 Å². The molecule has 5 heteroatoms. The van der Waals surface area contributed by atoms with Crippen molar-refractivity contribution in [3.8, 4) is 0 Å². The molecule has 0 unspecified atom stereocenters. The summed E-state index contributed by atoms with van der Waals surface area (Å²) in [5.74, 6) is -2.28. The molecule has 2 N–H and O–H groups in total. The first-order chi connectivity index (χ1) is 12.9. The Morgan fingerprint density at radius 3 is 1.67 bits per heavy atom. The number of carboxylic acid groups (broad SMARTS) is 2. The van der Waals surface area contributed by atoms with E-state index in [1.165, 1.54) is 6.07 Å². The van der Waals surface area contributed by atoms with Crippen LogP contribution in [0.4, 0.5) is 0 Å². The Balaban J connectivity index is 2.07. The average Bonchev–Trinajstić information content (AvgIpc) is 2.64. The monoisotopic (exact) mass is 380 g/mol. The first-order valence-electron chi connectivity index (χ1n) is 8.35. The Bertz CT molecular complexity index is 979. The summed E-state index contributed by atoms with van der Waals surface area (Å²) < 4.78 is 0. The molecule has 0 aromatic heterocycles. The van der Waals surface area contributed by atoms with Gasteiger partial charge in [-0.15, -0.1) is 0 Å². The smallest absolute Gasteiger partial charge is 0.336 e. The van der Waals surface area contributed by atoms with Gasteiger partial charge in [-0.2, -0.15) is 0 Å². The van der Waals surface area contributed by atoms with Crippen LogP contribution in [0.1, 0.15) is 43.0 Å². The molecule has 0 aliphatic rings. The summed E-state index contributed by atoms with van der Waals surface area (Å²) in [5, 5.41) is 19.7. The van der Waals surface area contributed by atoms with E-state index in [-0.39, 0.29) is 11.1 Å². The highest BCUT2D eigenvalue weighted by Gasteiger charge is 2.19. The molecule has 0 aliphatic carbocycles. The fourth-order valence-corrected chi connectivity index (χ4v) is 3.15. The van der Waals surface area contributed by atoms with Gasteiger partial charge in [0.1, 0.15) is 0 Å². The summed E-state index contributed by atoms with van der Waals surface area (Å²) in [7, 11) is 0. The van der Waals surface area contributed by atoms with Gasteiger partial charge in [0.05, 0.1) is 11.1 Å². The van der Waals surface area contributed by atoms with Gasteiger partial charge in [0, 0.05) is 5.02 Å². The molecule has 0 saturated carbocycles. The molecule has 0 saturated heterocycles. The zero-order valence-corrected chi connectivity index (χ0v) is 15.1. The topological polar surface area (TPSA) is 74.6 Å². The third kappa shape index (κ3) is 4.54. The maximum atomic E-state index is 11.7. The second kappa shape index (κ2) is 8.06. The number of rotatable bonds is 6. The minimum Gasteiger partial charge on any atom is -0.478 e. The molecule has 3 rings (SSSR count). The highest BCUT2D eigenvalue weighted by Crippen LogP contribution is 2.24. The van der Waals surface area contributed by atoms with E-state index < -0.39 is 11.9 Å². The molecule has 0 bridgehead atoms. The molecule has 0 fully saturated rings. The van der Waals surface area contributed by atoms with Crippen LogP contribution in [0, 0.1) is 0 Å². The van der Waals surface area contributed by atoms with E-state index in [1.807, 2.05) is 42.5 Å². The van der Waals surface area contributed by atoms with Crippen LogP contribution < -0.4 is 0 Å². The van der Waals surface area contributed by atoms with Crippen LogP contribution in [0.2, 0.25) is 5.02 Å². The molecule has 3 aromatic carbocycles. The molecule has 0 spiro atoms. The van der Waals surface area contributed by atoms with Gasteiger partial charge in [0.25, 0.3) is 0 Å². The van der Waals surface area contributed by atoms with Crippen LogP contribution in [-0.2, 0) is 12.8 Å². The Labute approximate surface area is 161 Å². The van der Waals surface area contributed by atoms with Gasteiger partial charge >= 0.3 is 11.9 Å². The number of hydrogen-bond donors (Lipinski definition) is 2. The molecule has 0 amide bonds. The number of benzene rings is 3. The van der Waals surface area contributed by atoms with E-state index in [1.54, 1.807) is 18.2 Å². The normalized spacial score (nSPS) is 10.6. The van der Waals surface area contributed by atoms with Crippen molar-refractivity contribution in [2.45, 2.75) is 12.8 Å². The summed E-state index contributed by atoms with van der Waals surface area (Å²) in [5.41, 5.74) is 3.02. The third-order valence-corrected chi connectivity index (χ3v) is 4.59. The zero-order chi connectivity index (χ0) is 19.4. The van der Waals surface area contributed by atoms with E-state index >= 15 is 0 Å². The van der Waals surface area contributed by atoms with Crippen LogP contribution in [0.25, 0.3) is 0 Å². The first kappa shape index (κ1) is 18.7. The van der Waals surface area contributed by atoms with Crippen LogP contribution in [0.5, 0.6) is 0 Å². The quantitative estimate of drug-likeness (QED) is 0.636. The summed E-state index contributed by atoms with van der Waals surface area (Å²) in [6.07, 6.45) is 0.788. The SMILES string of the molecule is O=C(O)c1cc(C(=O)O)c(Cc2ccc(Cl)cc2)cc1Cc1ccccc1. The van der Waals surface area contributed by atoms with Crippen LogP contribution in [0.15, 0.2) is 66.7 Å². The van der Waals surface area contributed by atoms with E-state index in [0.717, 1.165) is 11.1 Å². The molecule has 27 heavy (non-hydrogen) atoms. The molecule has 4 nitrogen and oxygen atoms in total. The van der Waals surface area contributed by atoms with Gasteiger partial charge in [-0.3, -0.25) is 0 Å². The van der Waals surface area contributed by atoms with E-state index in [9.17, 15) is 19.8 Å². The number of halogens is 1. The molecular formula is C22H17ClO4. The van der Waals surface area contributed by atoms with Crippen molar-refractivity contribution in [3.63, 3.8) is 0 Å². The van der Waals surface area contributed by atoms with E-state index in [0.29, 0.717) is 29.0 Å². The molecule has 0 aliphatic heterocycles. The first-order valence-corrected chi connectivity index (χ1v) is 8.72. The fraction of sp³-hybridized carbons (Fsp3) is 0.0909. The van der Waals surface area contributed by atoms with Crippen molar-refractivity contribution in [3.05, 3.63) is 105 Å². The minimum absolute atomic E-state index is 0.000776. The molecule has 0 heterocycles. The van der Waals surface area contributed by atoms with E-state index in [4.69, 9.17) is 11.6 Å². The largest absolute Gasteiger partial charge is 0.478 e. The highest BCUT2D eigenvalue weighted by molar-refractivity contribution is 6.30. The lowest BCUT2D eigenvalue weighted by molar-refractivity contribution is 0.0695. The molecule has 3 aromatic rings. The van der Waals surface area contributed by atoms with Crippen LogP contribution in [0.3, 0.4) is 0 Å². The van der Waals surface area contributed by atoms with Crippen molar-refractivity contribution in [1.82, 2.24) is 0 Å². The summed E-state index contributed by atoms with van der Waals surface area (Å²) in [4.78, 5) is 23.4. The second-order valence-corrected chi connectivity index (χ2v) is 6.68. The Morgan fingerprint density at radius 1 is 0.704 bits per heavy atom. The molecule has 0 atom stereocenters. The fourth-order valence-electron chi connectivity index (χ4n) is 3.02. The third-order valence-electron chi connectivity index (χ3n) is 4.34. The summed E-state index contributed by atoms with van der Waals surface area (Å²) in [6, 6.07) is 19.6. The number of hydrogen-bond acceptors (Lipinski definition) is 2. The lowest BCUT2D eigenvalue weighted by atomic mass is 9.91. The molecule has 136 valence electrons. The van der Waals surface area contributed by atoms with Crippen molar-refractivity contribution < 1.29 is 19.8 Å². The molecular weight excluding hydrogens is 364 g/mol. The Morgan fingerprint density at radius 2 is 1.19 bits per heavy atom. The predicted molar refractivity (Wildman–Crippen MR) is 104 cm³/mol. The summed E-state index contributed by atoms with van der Waals surface area (Å²) in [6.45, 7) is 0. The maximum Gasteiger partial charge on any atom is 0.336 e. The van der Waals surface area contributed by atoms with Crippen molar-refractivity contribution in [2.24, 2.45) is 0 Å². The van der Waals surface area contributed by atoms with Gasteiger partial charge < -0.3 is 10.2 Å². The second-order valence-electron chi connectivity index (χ2n) is 6.24. The zero-order valence-electron chi connectivity index (χ0n) is 14.4. The summed E-state index contributed by atoms with van der Waals surface area (Å²) >= 11 is 5.91. The van der Waals surface area contributed by atoms with Gasteiger partial charge in [0.15, 0.2) is 0 Å². The number of carboxylic acids is 2. The van der Waals surface area contributed by atoms with Crippen molar-refractivity contribution >= 4 is 23.5 Å². The lowest BCUT2D eigenvalue weighted by Gasteiger charge is -2.13. The van der Waals surface area contributed by atoms with Crippen LogP contribution >= 0.6 is 11.6 Å². The predicted octanol–water partition coefficient (Wildman–Crippen LogP) is 4.92. The van der Waals surface area contributed by atoms with Gasteiger partial charge in [-0.05, 0) is 53.3 Å². The Kier molecular flexibility index (Phi) is 5.57.